The van der Waals surface area contributed by atoms with Gasteiger partial charge in [-0.15, -0.1) is 11.3 Å². The number of thiophene rings is 1. The number of carbonyl (C=O) groups excluding carboxylic acids is 2. The highest BCUT2D eigenvalue weighted by atomic mass is 32.1. The van der Waals surface area contributed by atoms with Crippen molar-refractivity contribution in [1.82, 2.24) is 9.97 Å². The summed E-state index contributed by atoms with van der Waals surface area (Å²) in [5.74, 6) is -0.107. The molecule has 2 heterocycles. The third-order valence-electron chi connectivity index (χ3n) is 3.87. The Balaban J connectivity index is 2.01. The molecule has 1 N–H and O–H groups in total. The number of carbonyl (C=O) groups is 2. The van der Waals surface area contributed by atoms with Gasteiger partial charge < -0.3 is 10.1 Å². The molecule has 0 saturated heterocycles. The van der Waals surface area contributed by atoms with Crippen LogP contribution < -0.4 is 5.32 Å². The lowest BCUT2D eigenvalue weighted by atomic mass is 10.1. The summed E-state index contributed by atoms with van der Waals surface area (Å²) >= 11 is 1.32. The first-order valence-corrected chi connectivity index (χ1v) is 8.47. The zero-order chi connectivity index (χ0) is 18.1. The first kappa shape index (κ1) is 17.0. The second kappa shape index (κ2) is 6.60. The molecule has 3 rings (SSSR count). The van der Waals surface area contributed by atoms with E-state index >= 15 is 0 Å². The van der Waals surface area contributed by atoms with Gasteiger partial charge in [0.05, 0.1) is 23.2 Å². The first-order chi connectivity index (χ1) is 11.9. The average molecular weight is 355 g/mol. The molecule has 1 aromatic carbocycles. The summed E-state index contributed by atoms with van der Waals surface area (Å²) < 4.78 is 4.76. The Kier molecular flexibility index (Phi) is 4.50. The lowest BCUT2D eigenvalue weighted by Gasteiger charge is -2.09. The van der Waals surface area contributed by atoms with E-state index in [9.17, 15) is 9.59 Å². The molecule has 128 valence electrons. The van der Waals surface area contributed by atoms with E-state index in [1.165, 1.54) is 18.4 Å². The highest BCUT2D eigenvalue weighted by Crippen LogP contribution is 2.32. The Morgan fingerprint density at radius 3 is 2.56 bits per heavy atom. The number of fused-ring (bicyclic) bond motifs is 1. The van der Waals surface area contributed by atoms with Crippen molar-refractivity contribution in [1.29, 1.82) is 0 Å². The zero-order valence-electron chi connectivity index (χ0n) is 14.3. The molecule has 0 bridgehead atoms. The number of hydrogen-bond acceptors (Lipinski definition) is 6. The number of anilines is 1. The summed E-state index contributed by atoms with van der Waals surface area (Å²) in [4.78, 5) is 34.7. The molecule has 0 unspecified atom stereocenters. The predicted octanol–water partition coefficient (Wildman–Crippen LogP) is 3.66. The molecule has 1 amide bonds. The number of benzene rings is 1. The van der Waals surface area contributed by atoms with Crippen LogP contribution in [0.4, 0.5) is 5.69 Å². The number of amides is 1. The smallest absolute Gasteiger partial charge is 0.339 e. The third kappa shape index (κ3) is 3.10. The molecule has 7 heteroatoms. The number of para-hydroxylation sites is 1. The monoisotopic (exact) mass is 355 g/mol. The standard InChI is InChI=1S/C18H17N3O3S/c1-9-14-10(2)19-11(3)20-17(14)25-15(9)16(22)21-13-8-6-5-7-12(13)18(23)24-4/h5-8H,1-4H3,(H,21,22). The number of esters is 1. The van der Waals surface area contributed by atoms with Crippen molar-refractivity contribution in [3.05, 3.63) is 51.8 Å². The minimum absolute atomic E-state index is 0.283. The number of ether oxygens (including phenoxy) is 1. The van der Waals surface area contributed by atoms with Crippen molar-refractivity contribution in [3.63, 3.8) is 0 Å². The van der Waals surface area contributed by atoms with Gasteiger partial charge in [0.2, 0.25) is 0 Å². The molecule has 0 aliphatic carbocycles. The predicted molar refractivity (Wildman–Crippen MR) is 97.4 cm³/mol. The number of methoxy groups -OCH3 is 1. The summed E-state index contributed by atoms with van der Waals surface area (Å²) in [6.07, 6.45) is 0. The Hall–Kier alpha value is -2.80. The van der Waals surface area contributed by atoms with Crippen molar-refractivity contribution < 1.29 is 14.3 Å². The summed E-state index contributed by atoms with van der Waals surface area (Å²) in [5.41, 5.74) is 2.41. The highest BCUT2D eigenvalue weighted by molar-refractivity contribution is 7.20. The fourth-order valence-corrected chi connectivity index (χ4v) is 3.92. The SMILES string of the molecule is COC(=O)c1ccccc1NC(=O)c1sc2nc(C)nc(C)c2c1C. The van der Waals surface area contributed by atoms with Crippen LogP contribution in [0.15, 0.2) is 24.3 Å². The lowest BCUT2D eigenvalue weighted by molar-refractivity contribution is 0.0602. The average Bonchev–Trinajstić information content (AvgIpc) is 2.91. The molecule has 0 fully saturated rings. The molecule has 3 aromatic rings. The topological polar surface area (TPSA) is 81.2 Å². The second-order valence-electron chi connectivity index (χ2n) is 5.58. The Morgan fingerprint density at radius 1 is 1.12 bits per heavy atom. The maximum atomic E-state index is 12.8. The van der Waals surface area contributed by atoms with Crippen molar-refractivity contribution in [3.8, 4) is 0 Å². The quantitative estimate of drug-likeness (QED) is 0.725. The van der Waals surface area contributed by atoms with Crippen molar-refractivity contribution >= 4 is 39.1 Å². The van der Waals surface area contributed by atoms with E-state index in [-0.39, 0.29) is 5.91 Å². The van der Waals surface area contributed by atoms with Crippen LogP contribution in [0.5, 0.6) is 0 Å². The molecular formula is C18H17N3O3S. The summed E-state index contributed by atoms with van der Waals surface area (Å²) in [6.45, 7) is 5.62. The fraction of sp³-hybridized carbons (Fsp3) is 0.222. The van der Waals surface area contributed by atoms with E-state index in [4.69, 9.17) is 4.74 Å². The third-order valence-corrected chi connectivity index (χ3v) is 5.05. The second-order valence-corrected chi connectivity index (χ2v) is 6.58. The van der Waals surface area contributed by atoms with E-state index in [2.05, 4.69) is 15.3 Å². The van der Waals surface area contributed by atoms with Crippen LogP contribution in [-0.2, 0) is 4.74 Å². The summed E-state index contributed by atoms with van der Waals surface area (Å²) in [7, 11) is 1.31. The molecule has 0 aliphatic heterocycles. The van der Waals surface area contributed by atoms with Crippen molar-refractivity contribution in [2.24, 2.45) is 0 Å². The molecule has 0 atom stereocenters. The number of aryl methyl sites for hydroxylation is 3. The van der Waals surface area contributed by atoms with E-state index in [0.29, 0.717) is 22.0 Å². The van der Waals surface area contributed by atoms with E-state index in [0.717, 1.165) is 21.5 Å². The first-order valence-electron chi connectivity index (χ1n) is 7.65. The van der Waals surface area contributed by atoms with Crippen LogP contribution in [-0.4, -0.2) is 29.0 Å². The molecule has 2 aromatic heterocycles. The van der Waals surface area contributed by atoms with E-state index < -0.39 is 5.97 Å². The molecule has 6 nitrogen and oxygen atoms in total. The molecule has 0 aliphatic rings. The number of rotatable bonds is 3. The summed E-state index contributed by atoms with van der Waals surface area (Å²) in [6, 6.07) is 6.74. The van der Waals surface area contributed by atoms with Gasteiger partial charge in [-0.2, -0.15) is 0 Å². The zero-order valence-corrected chi connectivity index (χ0v) is 15.2. The van der Waals surface area contributed by atoms with Gasteiger partial charge in [-0.3, -0.25) is 4.79 Å². The molecule has 0 saturated carbocycles. The van der Waals surface area contributed by atoms with Crippen molar-refractivity contribution in [2.75, 3.05) is 12.4 Å². The number of nitrogens with zero attached hydrogens (tertiary/aromatic N) is 2. The van der Waals surface area contributed by atoms with Gasteiger partial charge in [0.1, 0.15) is 10.7 Å². The minimum atomic E-state index is -0.499. The maximum absolute atomic E-state index is 12.8. The Morgan fingerprint density at radius 2 is 1.84 bits per heavy atom. The van der Waals surface area contributed by atoms with Gasteiger partial charge in [-0.25, -0.2) is 14.8 Å². The number of aromatic nitrogens is 2. The fourth-order valence-electron chi connectivity index (χ4n) is 2.75. The van der Waals surface area contributed by atoms with Gasteiger partial charge in [0, 0.05) is 11.1 Å². The van der Waals surface area contributed by atoms with Crippen LogP contribution in [0, 0.1) is 20.8 Å². The van der Waals surface area contributed by atoms with Crippen LogP contribution >= 0.6 is 11.3 Å². The van der Waals surface area contributed by atoms with Crippen molar-refractivity contribution in [2.45, 2.75) is 20.8 Å². The Labute approximate surface area is 148 Å². The maximum Gasteiger partial charge on any atom is 0.339 e. The number of hydrogen-bond donors (Lipinski definition) is 1. The van der Waals surface area contributed by atoms with Gasteiger partial charge in [0.15, 0.2) is 0 Å². The largest absolute Gasteiger partial charge is 0.465 e. The van der Waals surface area contributed by atoms with E-state index in [1.807, 2.05) is 20.8 Å². The van der Waals surface area contributed by atoms with Crippen LogP contribution in [0.1, 0.15) is 37.1 Å². The van der Waals surface area contributed by atoms with Crippen LogP contribution in [0.2, 0.25) is 0 Å². The normalized spacial score (nSPS) is 10.7. The Bertz CT molecular complexity index is 995. The molecule has 25 heavy (non-hydrogen) atoms. The van der Waals surface area contributed by atoms with Crippen LogP contribution in [0.25, 0.3) is 10.2 Å². The van der Waals surface area contributed by atoms with Gasteiger partial charge in [-0.1, -0.05) is 12.1 Å². The molecule has 0 radical (unpaired) electrons. The number of nitrogens with one attached hydrogen (secondary N) is 1. The van der Waals surface area contributed by atoms with E-state index in [1.54, 1.807) is 24.3 Å². The van der Waals surface area contributed by atoms with Gasteiger partial charge in [-0.05, 0) is 38.5 Å². The summed E-state index contributed by atoms with van der Waals surface area (Å²) in [5, 5.41) is 3.71. The lowest BCUT2D eigenvalue weighted by Crippen LogP contribution is -2.15. The van der Waals surface area contributed by atoms with Crippen LogP contribution in [0.3, 0.4) is 0 Å². The highest BCUT2D eigenvalue weighted by Gasteiger charge is 2.20. The minimum Gasteiger partial charge on any atom is -0.465 e. The molecule has 0 spiro atoms. The van der Waals surface area contributed by atoms with Gasteiger partial charge in [0.25, 0.3) is 5.91 Å². The molecular weight excluding hydrogens is 338 g/mol. The van der Waals surface area contributed by atoms with Gasteiger partial charge >= 0.3 is 5.97 Å².